The SMILES string of the molecule is CCCCCc1nnc(NC(=O)CN(C)S(=O)(=O)c2ccc(C)cc2)s1. The quantitative estimate of drug-likeness (QED) is 0.658. The normalized spacial score (nSPS) is 11.7. The van der Waals surface area contributed by atoms with E-state index in [9.17, 15) is 13.2 Å². The average molecular weight is 397 g/mol. The third kappa shape index (κ3) is 5.58. The molecule has 142 valence electrons. The van der Waals surface area contributed by atoms with E-state index in [1.165, 1.54) is 30.5 Å². The third-order valence-electron chi connectivity index (χ3n) is 3.80. The van der Waals surface area contributed by atoms with Gasteiger partial charge in [0.25, 0.3) is 0 Å². The van der Waals surface area contributed by atoms with Crippen molar-refractivity contribution in [1.29, 1.82) is 0 Å². The van der Waals surface area contributed by atoms with Crippen LogP contribution >= 0.6 is 11.3 Å². The third-order valence-corrected chi connectivity index (χ3v) is 6.52. The highest BCUT2D eigenvalue weighted by atomic mass is 32.2. The number of nitrogens with one attached hydrogen (secondary N) is 1. The summed E-state index contributed by atoms with van der Waals surface area (Å²) < 4.78 is 26.0. The zero-order valence-electron chi connectivity index (χ0n) is 15.2. The Morgan fingerprint density at radius 2 is 1.88 bits per heavy atom. The van der Waals surface area contributed by atoms with Crippen LogP contribution in [0.3, 0.4) is 0 Å². The van der Waals surface area contributed by atoms with Crippen molar-refractivity contribution < 1.29 is 13.2 Å². The number of carbonyl (C=O) groups is 1. The minimum Gasteiger partial charge on any atom is -0.299 e. The van der Waals surface area contributed by atoms with Crippen molar-refractivity contribution in [3.63, 3.8) is 0 Å². The van der Waals surface area contributed by atoms with Gasteiger partial charge in [0.05, 0.1) is 11.4 Å². The van der Waals surface area contributed by atoms with Crippen molar-refractivity contribution in [2.75, 3.05) is 18.9 Å². The molecule has 2 aromatic rings. The molecule has 0 atom stereocenters. The fraction of sp³-hybridized carbons (Fsp3) is 0.471. The maximum atomic E-state index is 12.5. The number of hydrogen-bond donors (Lipinski definition) is 1. The van der Waals surface area contributed by atoms with Crippen LogP contribution in [0.1, 0.15) is 36.8 Å². The molecule has 0 saturated heterocycles. The summed E-state index contributed by atoms with van der Waals surface area (Å²) in [4.78, 5) is 12.3. The Bertz CT molecular complexity index is 832. The molecule has 1 aromatic heterocycles. The fourth-order valence-electron chi connectivity index (χ4n) is 2.27. The first-order chi connectivity index (χ1) is 12.3. The molecule has 0 fully saturated rings. The summed E-state index contributed by atoms with van der Waals surface area (Å²) in [5.41, 5.74) is 0.968. The molecule has 0 radical (unpaired) electrons. The Hall–Kier alpha value is -1.84. The lowest BCUT2D eigenvalue weighted by molar-refractivity contribution is -0.116. The standard InChI is InChI=1S/C17H24N4O3S2/c1-4-5-6-7-16-19-20-17(25-16)18-15(22)12-21(3)26(23,24)14-10-8-13(2)9-11-14/h8-11H,4-7,12H2,1-3H3,(H,18,20,22). The molecule has 1 amide bonds. The van der Waals surface area contributed by atoms with Crippen LogP contribution in [-0.4, -0.2) is 42.4 Å². The van der Waals surface area contributed by atoms with Gasteiger partial charge in [-0.2, -0.15) is 4.31 Å². The molecule has 0 spiro atoms. The second-order valence-corrected chi connectivity index (χ2v) is 9.19. The zero-order chi connectivity index (χ0) is 19.2. The predicted molar refractivity (Wildman–Crippen MR) is 103 cm³/mol. The number of sulfonamides is 1. The number of unbranched alkanes of at least 4 members (excludes halogenated alkanes) is 2. The Balaban J connectivity index is 1.93. The van der Waals surface area contributed by atoms with Crippen molar-refractivity contribution in [3.8, 4) is 0 Å². The predicted octanol–water partition coefficient (Wildman–Crippen LogP) is 2.84. The van der Waals surface area contributed by atoms with E-state index in [-0.39, 0.29) is 11.4 Å². The van der Waals surface area contributed by atoms with Crippen molar-refractivity contribution in [2.24, 2.45) is 0 Å². The molecular weight excluding hydrogens is 372 g/mol. The summed E-state index contributed by atoms with van der Waals surface area (Å²) in [5.74, 6) is -0.445. The number of rotatable bonds is 9. The summed E-state index contributed by atoms with van der Waals surface area (Å²) in [5, 5.41) is 11.9. The number of aromatic nitrogens is 2. The summed E-state index contributed by atoms with van der Waals surface area (Å²) in [7, 11) is -2.33. The topological polar surface area (TPSA) is 92.3 Å². The fourth-order valence-corrected chi connectivity index (χ4v) is 4.19. The van der Waals surface area contributed by atoms with Gasteiger partial charge in [-0.25, -0.2) is 8.42 Å². The number of carbonyl (C=O) groups excluding carboxylic acids is 1. The molecule has 0 saturated carbocycles. The molecule has 0 aliphatic heterocycles. The lowest BCUT2D eigenvalue weighted by atomic mass is 10.2. The van der Waals surface area contributed by atoms with Crippen LogP contribution in [-0.2, 0) is 21.2 Å². The number of nitrogens with zero attached hydrogens (tertiary/aromatic N) is 3. The van der Waals surface area contributed by atoms with E-state index in [0.29, 0.717) is 5.13 Å². The Kier molecular flexibility index (Phi) is 7.24. The van der Waals surface area contributed by atoms with Gasteiger partial charge < -0.3 is 0 Å². The van der Waals surface area contributed by atoms with Gasteiger partial charge in [0.2, 0.25) is 21.1 Å². The van der Waals surface area contributed by atoms with Crippen LogP contribution in [0, 0.1) is 6.92 Å². The molecule has 1 aromatic carbocycles. The van der Waals surface area contributed by atoms with E-state index in [2.05, 4.69) is 22.4 Å². The minimum absolute atomic E-state index is 0.160. The Morgan fingerprint density at radius 3 is 2.54 bits per heavy atom. The summed E-state index contributed by atoms with van der Waals surface area (Å²) >= 11 is 1.32. The van der Waals surface area contributed by atoms with Crippen LogP contribution in [0.4, 0.5) is 5.13 Å². The molecule has 0 aliphatic rings. The summed E-state index contributed by atoms with van der Waals surface area (Å²) in [6.45, 7) is 3.72. The lowest BCUT2D eigenvalue weighted by Gasteiger charge is -2.16. The van der Waals surface area contributed by atoms with Crippen LogP contribution < -0.4 is 5.32 Å². The van der Waals surface area contributed by atoms with Gasteiger partial charge in [-0.05, 0) is 25.5 Å². The van der Waals surface area contributed by atoms with Crippen LogP contribution in [0.5, 0.6) is 0 Å². The molecule has 0 bridgehead atoms. The number of anilines is 1. The van der Waals surface area contributed by atoms with Gasteiger partial charge in [-0.1, -0.05) is 48.8 Å². The first-order valence-corrected chi connectivity index (χ1v) is 10.7. The largest absolute Gasteiger partial charge is 0.299 e. The molecular formula is C17H24N4O3S2. The molecule has 9 heteroatoms. The van der Waals surface area contributed by atoms with E-state index >= 15 is 0 Å². The van der Waals surface area contributed by atoms with Gasteiger partial charge >= 0.3 is 0 Å². The first kappa shape index (κ1) is 20.5. The highest BCUT2D eigenvalue weighted by molar-refractivity contribution is 7.89. The monoisotopic (exact) mass is 396 g/mol. The van der Waals surface area contributed by atoms with Crippen LogP contribution in [0.25, 0.3) is 0 Å². The molecule has 2 rings (SSSR count). The van der Waals surface area contributed by atoms with Crippen molar-refractivity contribution >= 4 is 32.4 Å². The number of hydrogen-bond acceptors (Lipinski definition) is 6. The maximum absolute atomic E-state index is 12.5. The van der Waals surface area contributed by atoms with E-state index in [4.69, 9.17) is 0 Å². The van der Waals surface area contributed by atoms with Crippen LogP contribution in [0.2, 0.25) is 0 Å². The molecule has 7 nitrogen and oxygen atoms in total. The van der Waals surface area contributed by atoms with Crippen molar-refractivity contribution in [2.45, 2.75) is 44.4 Å². The van der Waals surface area contributed by atoms with Crippen LogP contribution in [0.15, 0.2) is 29.2 Å². The second-order valence-electron chi connectivity index (χ2n) is 6.08. The Morgan fingerprint density at radius 1 is 1.19 bits per heavy atom. The van der Waals surface area contributed by atoms with Gasteiger partial charge in [-0.15, -0.1) is 10.2 Å². The number of aryl methyl sites for hydroxylation is 2. The zero-order valence-corrected chi connectivity index (χ0v) is 16.9. The summed E-state index contributed by atoms with van der Waals surface area (Å²) in [6, 6.07) is 6.52. The molecule has 1 heterocycles. The first-order valence-electron chi connectivity index (χ1n) is 8.48. The van der Waals surface area contributed by atoms with Crippen molar-refractivity contribution in [3.05, 3.63) is 34.8 Å². The van der Waals surface area contributed by atoms with Gasteiger partial charge in [0, 0.05) is 13.5 Å². The molecule has 1 N–H and O–H groups in total. The smallest absolute Gasteiger partial charge is 0.243 e. The highest BCUT2D eigenvalue weighted by Gasteiger charge is 2.23. The number of amides is 1. The molecule has 26 heavy (non-hydrogen) atoms. The van der Waals surface area contributed by atoms with E-state index in [1.807, 2.05) is 6.92 Å². The minimum atomic E-state index is -3.71. The average Bonchev–Trinajstić information content (AvgIpc) is 3.02. The van der Waals surface area contributed by atoms with E-state index in [0.717, 1.165) is 40.6 Å². The second kappa shape index (κ2) is 9.20. The lowest BCUT2D eigenvalue weighted by Crippen LogP contribution is -2.34. The summed E-state index contributed by atoms with van der Waals surface area (Å²) in [6.07, 6.45) is 4.13. The van der Waals surface area contributed by atoms with E-state index in [1.54, 1.807) is 12.1 Å². The molecule has 0 unspecified atom stereocenters. The Labute approximate surface area is 158 Å². The van der Waals surface area contributed by atoms with Crippen molar-refractivity contribution in [1.82, 2.24) is 14.5 Å². The molecule has 0 aliphatic carbocycles. The number of benzene rings is 1. The van der Waals surface area contributed by atoms with Gasteiger partial charge in [-0.3, -0.25) is 10.1 Å². The highest BCUT2D eigenvalue weighted by Crippen LogP contribution is 2.18. The van der Waals surface area contributed by atoms with Gasteiger partial charge in [0.15, 0.2) is 0 Å². The maximum Gasteiger partial charge on any atom is 0.243 e. The van der Waals surface area contributed by atoms with Gasteiger partial charge in [0.1, 0.15) is 5.01 Å². The number of likely N-dealkylation sites (N-methyl/N-ethyl adjacent to an activating group) is 1. The van der Waals surface area contributed by atoms with E-state index < -0.39 is 15.9 Å².